The first-order chi connectivity index (χ1) is 25.6. The van der Waals surface area contributed by atoms with Gasteiger partial charge in [-0.1, -0.05) is 65.7 Å². The summed E-state index contributed by atoms with van der Waals surface area (Å²) in [6, 6.07) is 18.7. The number of carbonyl (C=O) groups excluding carboxylic acids is 1. The van der Waals surface area contributed by atoms with E-state index in [1.54, 1.807) is 25.4 Å². The lowest BCUT2D eigenvalue weighted by Gasteiger charge is -2.55. The molecule has 1 spiro atoms. The lowest BCUT2D eigenvalue weighted by molar-refractivity contribution is -0.191. The van der Waals surface area contributed by atoms with Crippen molar-refractivity contribution in [1.82, 2.24) is 29.5 Å². The molecule has 0 aliphatic carbocycles. The Kier molecular flexibility index (Phi) is 9.32. The van der Waals surface area contributed by atoms with Gasteiger partial charge in [0.25, 0.3) is 5.56 Å². The number of carbonyl (C=O) groups is 2. The average molecular weight is 756 g/mol. The molecule has 3 aliphatic heterocycles. The predicted octanol–water partition coefficient (Wildman–Crippen LogP) is 6.00. The molecule has 8 rings (SSSR count). The van der Waals surface area contributed by atoms with Crippen LogP contribution < -0.4 is 15.6 Å². The number of halogens is 2. The van der Waals surface area contributed by atoms with Gasteiger partial charge in [0.2, 0.25) is 11.8 Å². The van der Waals surface area contributed by atoms with Gasteiger partial charge in [-0.25, -0.2) is 14.8 Å². The topological polar surface area (TPSA) is 139 Å². The molecule has 6 heterocycles. The number of pyridine rings is 2. The highest BCUT2D eigenvalue weighted by molar-refractivity contribution is 6.39. The van der Waals surface area contributed by atoms with Crippen molar-refractivity contribution >= 4 is 40.8 Å². The Balaban J connectivity index is 1.04. The van der Waals surface area contributed by atoms with Crippen LogP contribution in [0.4, 0.5) is 4.79 Å². The van der Waals surface area contributed by atoms with Gasteiger partial charge in [-0.15, -0.1) is 0 Å². The summed E-state index contributed by atoms with van der Waals surface area (Å²) in [5.74, 6) is 0.449. The van der Waals surface area contributed by atoms with Gasteiger partial charge >= 0.3 is 6.09 Å². The molecule has 0 saturated carbocycles. The van der Waals surface area contributed by atoms with Crippen LogP contribution >= 0.6 is 23.2 Å². The molecular formula is C39H36Cl2N6O6. The van der Waals surface area contributed by atoms with Crippen molar-refractivity contribution in [3.05, 3.63) is 105 Å². The number of aromatic nitrogens is 3. The first-order valence-electron chi connectivity index (χ1n) is 17.3. The molecule has 5 aromatic rings. The third-order valence-electron chi connectivity index (χ3n) is 10.3. The molecule has 3 aromatic heterocycles. The Hall–Kier alpha value is -5.01. The van der Waals surface area contributed by atoms with Crippen molar-refractivity contribution in [3.63, 3.8) is 0 Å². The number of carboxylic acid groups (broad SMARTS) is 1. The average Bonchev–Trinajstić information content (AvgIpc) is 3.54. The van der Waals surface area contributed by atoms with E-state index in [4.69, 9.17) is 37.7 Å². The molecule has 2 amide bonds. The molecule has 0 bridgehead atoms. The third kappa shape index (κ3) is 6.72. The van der Waals surface area contributed by atoms with Gasteiger partial charge in [0.05, 0.1) is 48.2 Å². The molecule has 2 N–H and O–H groups in total. The van der Waals surface area contributed by atoms with E-state index in [0.29, 0.717) is 51.1 Å². The molecule has 2 aromatic carbocycles. The maximum atomic E-state index is 13.4. The fourth-order valence-corrected chi connectivity index (χ4v) is 8.19. The van der Waals surface area contributed by atoms with E-state index in [1.807, 2.05) is 48.5 Å². The zero-order valence-electron chi connectivity index (χ0n) is 28.8. The summed E-state index contributed by atoms with van der Waals surface area (Å²) in [6.07, 6.45) is 2.71. The minimum absolute atomic E-state index is 0.0804. The number of amides is 2. The van der Waals surface area contributed by atoms with Crippen LogP contribution in [0, 0.1) is 5.41 Å². The highest BCUT2D eigenvalue weighted by Gasteiger charge is 2.48. The maximum Gasteiger partial charge on any atom is 0.407 e. The van der Waals surface area contributed by atoms with Crippen LogP contribution in [0.2, 0.25) is 10.0 Å². The molecule has 272 valence electrons. The molecule has 12 nitrogen and oxygen atoms in total. The highest BCUT2D eigenvalue weighted by Crippen LogP contribution is 2.43. The molecular weight excluding hydrogens is 719 g/mol. The monoisotopic (exact) mass is 754 g/mol. The second kappa shape index (κ2) is 14.1. The van der Waals surface area contributed by atoms with E-state index in [2.05, 4.69) is 15.2 Å². The van der Waals surface area contributed by atoms with E-state index in [-0.39, 0.29) is 36.2 Å². The van der Waals surface area contributed by atoms with Crippen molar-refractivity contribution in [2.45, 2.75) is 32.0 Å². The van der Waals surface area contributed by atoms with Gasteiger partial charge in [-0.3, -0.25) is 18.9 Å². The number of rotatable bonds is 10. The lowest BCUT2D eigenvalue weighted by atomic mass is 9.78. The number of hydrogen-bond acceptors (Lipinski definition) is 8. The molecule has 0 radical (unpaired) electrons. The molecule has 14 heteroatoms. The van der Waals surface area contributed by atoms with Gasteiger partial charge in [0, 0.05) is 84.3 Å². The van der Waals surface area contributed by atoms with Crippen LogP contribution in [-0.2, 0) is 22.6 Å². The Morgan fingerprint density at radius 1 is 1.02 bits per heavy atom. The van der Waals surface area contributed by atoms with Crippen molar-refractivity contribution < 1.29 is 24.2 Å². The number of nitrogens with one attached hydrogen (secondary N) is 1. The van der Waals surface area contributed by atoms with Crippen LogP contribution in [0.3, 0.4) is 0 Å². The Morgan fingerprint density at radius 3 is 2.40 bits per heavy atom. The quantitative estimate of drug-likeness (QED) is 0.176. The number of methoxy groups -OCH3 is 1. The molecule has 3 fully saturated rings. The summed E-state index contributed by atoms with van der Waals surface area (Å²) in [7, 11) is 1.63. The zero-order chi connectivity index (χ0) is 36.9. The van der Waals surface area contributed by atoms with Gasteiger partial charge in [0.1, 0.15) is 5.65 Å². The van der Waals surface area contributed by atoms with Crippen molar-refractivity contribution in [2.75, 3.05) is 40.0 Å². The third-order valence-corrected chi connectivity index (χ3v) is 11.1. The molecule has 1 unspecified atom stereocenters. The number of fused-ring (bicyclic) bond motifs is 1. The number of hydrogen-bond donors (Lipinski definition) is 2. The van der Waals surface area contributed by atoms with Gasteiger partial charge in [-0.2, -0.15) is 0 Å². The van der Waals surface area contributed by atoms with Crippen LogP contribution in [0.5, 0.6) is 5.88 Å². The number of ether oxygens (including phenoxy) is 2. The molecule has 3 aliphatic rings. The summed E-state index contributed by atoms with van der Waals surface area (Å²) in [6.45, 7) is 4.37. The number of nitrogens with zero attached hydrogens (tertiary/aromatic N) is 5. The minimum atomic E-state index is -1.18. The SMILES string of the molecule is COc1nc(-c2cccc(-c3cccc(-c4ccn5c(=O)c(CN(CC6CCC(=O)N6)C(=O)O)cnc5c4)c3Cl)c2Cl)ccc1CN1CC2(COC2)C1. The van der Waals surface area contributed by atoms with E-state index >= 15 is 0 Å². The van der Waals surface area contributed by atoms with Crippen LogP contribution in [0.15, 0.2) is 77.9 Å². The smallest absolute Gasteiger partial charge is 0.407 e. The number of likely N-dealkylation sites (tertiary alicyclic amines) is 1. The fourth-order valence-electron chi connectivity index (χ4n) is 7.53. The summed E-state index contributed by atoms with van der Waals surface area (Å²) in [5.41, 5.74) is 5.85. The standard InChI is InChI=1S/C39H36Cl2N6O6/c1-52-36-24(16-45-19-39(20-45)21-53-22-39)8-10-31(44-36)30-7-3-6-29(35(30)41)28-5-2-4-27(34(28)40)23-12-13-47-32(14-23)42-15-25(37(47)49)17-46(38(50)51)18-26-9-11-33(48)43-26/h2-8,10,12-15,26H,9,11,16-22H2,1H3,(H,43,48)(H,50,51). The summed E-state index contributed by atoms with van der Waals surface area (Å²) >= 11 is 14.2. The lowest BCUT2D eigenvalue weighted by Crippen LogP contribution is -2.65. The summed E-state index contributed by atoms with van der Waals surface area (Å²) in [4.78, 5) is 49.9. The fraction of sp³-hybridized carbons (Fsp3) is 0.308. The second-order valence-corrected chi connectivity index (χ2v) is 14.8. The molecule has 53 heavy (non-hydrogen) atoms. The first-order valence-corrected chi connectivity index (χ1v) is 18.1. The van der Waals surface area contributed by atoms with Crippen LogP contribution in [-0.4, -0.2) is 87.3 Å². The van der Waals surface area contributed by atoms with E-state index in [9.17, 15) is 19.5 Å². The zero-order valence-corrected chi connectivity index (χ0v) is 30.4. The Morgan fingerprint density at radius 2 is 1.74 bits per heavy atom. The number of benzene rings is 2. The normalized spacial score (nSPS) is 17.7. The Labute approximate surface area is 314 Å². The predicted molar refractivity (Wildman–Crippen MR) is 200 cm³/mol. The van der Waals surface area contributed by atoms with Crippen molar-refractivity contribution in [2.24, 2.45) is 5.41 Å². The van der Waals surface area contributed by atoms with Gasteiger partial charge in [-0.05, 0) is 30.2 Å². The van der Waals surface area contributed by atoms with Crippen LogP contribution in [0.25, 0.3) is 39.2 Å². The maximum absolute atomic E-state index is 13.4. The second-order valence-electron chi connectivity index (χ2n) is 14.0. The Bertz CT molecular complexity index is 2320. The largest absolute Gasteiger partial charge is 0.481 e. The van der Waals surface area contributed by atoms with Gasteiger partial charge < -0.3 is 24.8 Å². The van der Waals surface area contributed by atoms with Crippen molar-refractivity contribution in [3.8, 4) is 39.4 Å². The summed E-state index contributed by atoms with van der Waals surface area (Å²) in [5, 5.41) is 13.5. The highest BCUT2D eigenvalue weighted by atomic mass is 35.5. The molecule has 1 atom stereocenters. The van der Waals surface area contributed by atoms with E-state index < -0.39 is 6.09 Å². The van der Waals surface area contributed by atoms with Crippen LogP contribution in [0.1, 0.15) is 24.0 Å². The van der Waals surface area contributed by atoms with E-state index in [0.717, 1.165) is 65.6 Å². The van der Waals surface area contributed by atoms with Gasteiger partial charge in [0.15, 0.2) is 0 Å². The first kappa shape index (κ1) is 35.0. The minimum Gasteiger partial charge on any atom is -0.481 e. The molecule has 3 saturated heterocycles. The summed E-state index contributed by atoms with van der Waals surface area (Å²) < 4.78 is 12.5. The van der Waals surface area contributed by atoms with E-state index in [1.165, 1.54) is 10.6 Å². The van der Waals surface area contributed by atoms with Crippen molar-refractivity contribution in [1.29, 1.82) is 0 Å².